The van der Waals surface area contributed by atoms with E-state index in [0.29, 0.717) is 38.2 Å². The Balaban J connectivity index is 1.56. The topological polar surface area (TPSA) is 77.5 Å². The zero-order valence-corrected chi connectivity index (χ0v) is 19.0. The quantitative estimate of drug-likeness (QED) is 0.286. The van der Waals surface area contributed by atoms with Crippen LogP contribution in [-0.2, 0) is 4.79 Å². The number of rotatable bonds is 5. The molecule has 31 heavy (non-hydrogen) atoms. The predicted molar refractivity (Wildman–Crippen MR) is 116 cm³/mol. The van der Waals surface area contributed by atoms with Crippen molar-refractivity contribution in [3.63, 3.8) is 0 Å². The highest BCUT2D eigenvalue weighted by molar-refractivity contribution is 6.20. The summed E-state index contributed by atoms with van der Waals surface area (Å²) in [5.41, 5.74) is 6.37. The first-order valence-electron chi connectivity index (χ1n) is 11.4. The van der Waals surface area contributed by atoms with Gasteiger partial charge < -0.3 is 5.32 Å². The molecule has 8 atom stereocenters. The number of nitrogens with zero attached hydrogens (tertiary/aromatic N) is 1. The van der Waals surface area contributed by atoms with Crippen LogP contribution in [0.5, 0.6) is 0 Å². The number of hydrazine groups is 1. The van der Waals surface area contributed by atoms with E-state index in [1.807, 2.05) is 13.8 Å². The molecule has 6 nitrogen and oxygen atoms in total. The molecule has 1 aliphatic heterocycles. The summed E-state index contributed by atoms with van der Waals surface area (Å²) in [6, 6.07) is 0.0616. The molecule has 0 radical (unpaired) electrons. The van der Waals surface area contributed by atoms with Crippen LogP contribution in [0.1, 0.15) is 58.8 Å². The third-order valence-electron chi connectivity index (χ3n) is 6.36. The van der Waals surface area contributed by atoms with Crippen molar-refractivity contribution in [1.29, 1.82) is 0 Å². The second kappa shape index (κ2) is 11.2. The first kappa shape index (κ1) is 24.6. The normalized spacial score (nSPS) is 39.5. The number of aliphatic imine (C=N–C) groups is 1. The number of halogens is 4. The molecule has 0 aromatic rings. The van der Waals surface area contributed by atoms with Crippen LogP contribution in [0.15, 0.2) is 4.99 Å². The summed E-state index contributed by atoms with van der Waals surface area (Å²) < 4.78 is 41.1. The number of nitrogens with one attached hydrogen (secondary N) is 4. The third kappa shape index (κ3) is 7.22. The Kier molecular flexibility index (Phi) is 8.87. The molecule has 4 N–H and O–H groups in total. The van der Waals surface area contributed by atoms with Gasteiger partial charge in [-0.05, 0) is 56.8 Å². The minimum atomic E-state index is -1.60. The minimum Gasteiger partial charge on any atom is -0.339 e. The van der Waals surface area contributed by atoms with Gasteiger partial charge in [0, 0.05) is 23.9 Å². The van der Waals surface area contributed by atoms with Crippen LogP contribution in [0.2, 0.25) is 0 Å². The number of alkyl halides is 4. The van der Waals surface area contributed by atoms with Crippen LogP contribution in [0.25, 0.3) is 0 Å². The van der Waals surface area contributed by atoms with Crippen molar-refractivity contribution in [2.45, 2.75) is 94.9 Å². The van der Waals surface area contributed by atoms with E-state index < -0.39 is 24.4 Å². The number of hydrogen-bond acceptors (Lipinski definition) is 4. The second-order valence-corrected chi connectivity index (χ2v) is 10.2. The highest BCUT2D eigenvalue weighted by atomic mass is 35.5. The highest BCUT2D eigenvalue weighted by Gasteiger charge is 2.38. The smallest absolute Gasteiger partial charge is 0.229 e. The standard InChI is InChI=1S/C21H35ClF3N5O/c1-11(2)10-26-21(28-20(31)12-3-4-16(24)17(25)7-12)27-19-9-18(29-30-19)13-5-14(22)8-15(23)6-13/h11-19,29-30H,3-10H2,1-2H3,(H2,26,27,28,31). The maximum absolute atomic E-state index is 13.9. The lowest BCUT2D eigenvalue weighted by Gasteiger charge is -2.31. The van der Waals surface area contributed by atoms with Gasteiger partial charge >= 0.3 is 0 Å². The monoisotopic (exact) mass is 465 g/mol. The van der Waals surface area contributed by atoms with Crippen LogP contribution in [-0.4, -0.2) is 54.5 Å². The van der Waals surface area contributed by atoms with Crippen molar-refractivity contribution >= 4 is 23.5 Å². The summed E-state index contributed by atoms with van der Waals surface area (Å²) in [6.07, 6.45) is -1.57. The molecule has 0 aromatic heterocycles. The Hall–Kier alpha value is -1.06. The number of guanidine groups is 1. The number of hydrogen-bond donors (Lipinski definition) is 4. The summed E-state index contributed by atoms with van der Waals surface area (Å²) >= 11 is 6.21. The molecule has 1 heterocycles. The summed E-state index contributed by atoms with van der Waals surface area (Å²) in [5.74, 6) is -0.172. The highest BCUT2D eigenvalue weighted by Crippen LogP contribution is 2.34. The van der Waals surface area contributed by atoms with Crippen LogP contribution < -0.4 is 21.5 Å². The van der Waals surface area contributed by atoms with Gasteiger partial charge in [-0.15, -0.1) is 11.6 Å². The molecule has 3 fully saturated rings. The average Bonchev–Trinajstić information content (AvgIpc) is 3.16. The van der Waals surface area contributed by atoms with Crippen molar-refractivity contribution in [1.82, 2.24) is 21.5 Å². The van der Waals surface area contributed by atoms with E-state index in [2.05, 4.69) is 26.5 Å². The van der Waals surface area contributed by atoms with Crippen LogP contribution in [0, 0.1) is 17.8 Å². The van der Waals surface area contributed by atoms with Crippen molar-refractivity contribution in [3.8, 4) is 0 Å². The first-order chi connectivity index (χ1) is 14.7. The first-order valence-corrected chi connectivity index (χ1v) is 11.8. The lowest BCUT2D eigenvalue weighted by molar-refractivity contribution is -0.125. The van der Waals surface area contributed by atoms with Gasteiger partial charge in [0.15, 0.2) is 5.96 Å². The van der Waals surface area contributed by atoms with Gasteiger partial charge in [0.05, 0.1) is 6.17 Å². The lowest BCUT2D eigenvalue weighted by Crippen LogP contribution is -2.52. The van der Waals surface area contributed by atoms with E-state index >= 15 is 0 Å². The third-order valence-corrected chi connectivity index (χ3v) is 6.72. The fourth-order valence-corrected chi connectivity index (χ4v) is 5.05. The van der Waals surface area contributed by atoms with Gasteiger partial charge in [0.25, 0.3) is 0 Å². The summed E-state index contributed by atoms with van der Waals surface area (Å²) in [5, 5.41) is 5.83. The fraction of sp³-hybridized carbons (Fsp3) is 0.905. The Morgan fingerprint density at radius 3 is 2.52 bits per heavy atom. The van der Waals surface area contributed by atoms with E-state index in [9.17, 15) is 18.0 Å². The second-order valence-electron chi connectivity index (χ2n) is 9.60. The number of carbonyl (C=O) groups excluding carboxylic acids is 1. The van der Waals surface area contributed by atoms with E-state index in [0.717, 1.165) is 6.42 Å². The molecule has 0 spiro atoms. The molecule has 0 aromatic carbocycles. The zero-order chi connectivity index (χ0) is 22.5. The molecule has 8 unspecified atom stereocenters. The van der Waals surface area contributed by atoms with Gasteiger partial charge in [-0.1, -0.05) is 13.8 Å². The number of carbonyl (C=O) groups is 1. The molecule has 178 valence electrons. The molecule has 0 bridgehead atoms. The predicted octanol–water partition coefficient (Wildman–Crippen LogP) is 3.12. The average molecular weight is 466 g/mol. The van der Waals surface area contributed by atoms with Crippen molar-refractivity contribution in [3.05, 3.63) is 0 Å². The van der Waals surface area contributed by atoms with Crippen LogP contribution >= 0.6 is 11.6 Å². The van der Waals surface area contributed by atoms with Gasteiger partial charge in [-0.2, -0.15) is 0 Å². The summed E-state index contributed by atoms with van der Waals surface area (Å²) in [4.78, 5) is 17.1. The zero-order valence-electron chi connectivity index (χ0n) is 18.2. The SMILES string of the molecule is CC(C)CN=C(NC(=O)C1CCC(F)C(F)C1)NC1CC(C2CC(F)CC(Cl)C2)NN1. The van der Waals surface area contributed by atoms with E-state index in [4.69, 9.17) is 11.6 Å². The van der Waals surface area contributed by atoms with Crippen molar-refractivity contribution in [2.24, 2.45) is 22.7 Å². The van der Waals surface area contributed by atoms with E-state index in [1.165, 1.54) is 0 Å². The summed E-state index contributed by atoms with van der Waals surface area (Å²) in [6.45, 7) is 4.54. The fourth-order valence-electron chi connectivity index (χ4n) is 4.63. The maximum Gasteiger partial charge on any atom is 0.229 e. The summed E-state index contributed by atoms with van der Waals surface area (Å²) in [7, 11) is 0. The molecule has 10 heteroatoms. The Morgan fingerprint density at radius 1 is 1.06 bits per heavy atom. The Bertz CT molecular complexity index is 630. The van der Waals surface area contributed by atoms with Crippen LogP contribution in [0.4, 0.5) is 13.2 Å². The molecule has 1 amide bonds. The number of amides is 1. The molecule has 3 rings (SSSR count). The van der Waals surface area contributed by atoms with Crippen molar-refractivity contribution < 1.29 is 18.0 Å². The van der Waals surface area contributed by atoms with Gasteiger partial charge in [0.2, 0.25) is 5.91 Å². The van der Waals surface area contributed by atoms with E-state index in [1.54, 1.807) is 0 Å². The molecule has 2 aliphatic carbocycles. The Morgan fingerprint density at radius 2 is 1.84 bits per heavy atom. The Labute approximate surface area is 187 Å². The molecular weight excluding hydrogens is 431 g/mol. The van der Waals surface area contributed by atoms with Crippen LogP contribution in [0.3, 0.4) is 0 Å². The molecule has 3 aliphatic rings. The van der Waals surface area contributed by atoms with Gasteiger partial charge in [0.1, 0.15) is 18.5 Å². The van der Waals surface area contributed by atoms with Gasteiger partial charge in [-0.25, -0.2) is 18.6 Å². The van der Waals surface area contributed by atoms with Gasteiger partial charge in [-0.3, -0.25) is 20.5 Å². The largest absolute Gasteiger partial charge is 0.339 e. The molecule has 1 saturated heterocycles. The van der Waals surface area contributed by atoms with E-state index in [-0.39, 0.29) is 48.2 Å². The molecular formula is C21H35ClF3N5O. The molecule has 2 saturated carbocycles. The minimum absolute atomic E-state index is 0.0550. The maximum atomic E-state index is 13.9. The lowest BCUT2D eigenvalue weighted by atomic mass is 9.82. The van der Waals surface area contributed by atoms with Crippen molar-refractivity contribution in [2.75, 3.05) is 6.54 Å².